The van der Waals surface area contributed by atoms with Gasteiger partial charge in [0, 0.05) is 5.54 Å². The van der Waals surface area contributed by atoms with Gasteiger partial charge in [-0.3, -0.25) is 0 Å². The minimum Gasteiger partial charge on any atom is -0.321 e. The molecule has 0 spiro atoms. The zero-order chi connectivity index (χ0) is 14.8. The predicted octanol–water partition coefficient (Wildman–Crippen LogP) is 5.34. The second-order valence-corrected chi connectivity index (χ2v) is 7.29. The summed E-state index contributed by atoms with van der Waals surface area (Å²) < 4.78 is 0. The Morgan fingerprint density at radius 2 is 1.50 bits per heavy atom. The van der Waals surface area contributed by atoms with E-state index in [0.717, 1.165) is 0 Å². The number of hydrogen-bond donors (Lipinski definition) is 1. The van der Waals surface area contributed by atoms with Crippen LogP contribution in [0.1, 0.15) is 83.3 Å². The van der Waals surface area contributed by atoms with Crippen molar-refractivity contribution in [2.24, 2.45) is 11.1 Å². The van der Waals surface area contributed by atoms with Gasteiger partial charge in [0.05, 0.1) is 0 Å². The molecule has 0 unspecified atom stereocenters. The van der Waals surface area contributed by atoms with Crippen molar-refractivity contribution in [3.05, 3.63) is 35.4 Å². The molecule has 0 bridgehead atoms. The Morgan fingerprint density at radius 1 is 1.00 bits per heavy atom. The minimum absolute atomic E-state index is 0.0696. The van der Waals surface area contributed by atoms with Crippen molar-refractivity contribution >= 4 is 0 Å². The SMILES string of the molecule is CCCC1(CCC)CC(N)(c2ccc(C(C)C)cc2)C1. The fraction of sp³-hybridized carbons (Fsp3) is 0.684. The highest BCUT2D eigenvalue weighted by molar-refractivity contribution is 5.33. The standard InChI is InChI=1S/C19H31N/c1-5-11-18(12-6-2)13-19(20,14-18)17-9-7-16(8-10-17)15(3)4/h7-10,15H,5-6,11-14,20H2,1-4H3. The molecule has 112 valence electrons. The van der Waals surface area contributed by atoms with Gasteiger partial charge in [-0.05, 0) is 48.1 Å². The van der Waals surface area contributed by atoms with E-state index in [0.29, 0.717) is 11.3 Å². The molecule has 1 heteroatoms. The molecule has 2 rings (SSSR count). The molecule has 1 aliphatic carbocycles. The lowest BCUT2D eigenvalue weighted by Crippen LogP contribution is -2.55. The average Bonchev–Trinajstić information content (AvgIpc) is 2.37. The van der Waals surface area contributed by atoms with Crippen molar-refractivity contribution in [2.45, 2.75) is 77.7 Å². The Balaban J connectivity index is 2.10. The first-order valence-electron chi connectivity index (χ1n) is 8.34. The van der Waals surface area contributed by atoms with E-state index in [2.05, 4.69) is 52.0 Å². The molecule has 0 aromatic heterocycles. The Labute approximate surface area is 125 Å². The highest BCUT2D eigenvalue weighted by Crippen LogP contribution is 2.57. The summed E-state index contributed by atoms with van der Waals surface area (Å²) in [7, 11) is 0. The molecule has 0 heterocycles. The summed E-state index contributed by atoms with van der Waals surface area (Å²) in [6, 6.07) is 9.04. The molecular weight excluding hydrogens is 242 g/mol. The third-order valence-electron chi connectivity index (χ3n) is 5.09. The van der Waals surface area contributed by atoms with Gasteiger partial charge in [-0.2, -0.15) is 0 Å². The Hall–Kier alpha value is -0.820. The number of benzene rings is 1. The highest BCUT2D eigenvalue weighted by Gasteiger charge is 2.51. The third kappa shape index (κ3) is 2.93. The summed E-state index contributed by atoms with van der Waals surface area (Å²) in [5.41, 5.74) is 9.88. The fourth-order valence-electron chi connectivity index (χ4n) is 4.23. The van der Waals surface area contributed by atoms with Crippen LogP contribution in [0.2, 0.25) is 0 Å². The summed E-state index contributed by atoms with van der Waals surface area (Å²) in [6.45, 7) is 9.07. The molecule has 0 atom stereocenters. The van der Waals surface area contributed by atoms with Crippen LogP contribution in [0.25, 0.3) is 0 Å². The number of hydrogen-bond acceptors (Lipinski definition) is 1. The predicted molar refractivity (Wildman–Crippen MR) is 87.9 cm³/mol. The maximum absolute atomic E-state index is 6.69. The molecule has 1 aromatic carbocycles. The number of rotatable bonds is 6. The van der Waals surface area contributed by atoms with Crippen LogP contribution in [0.15, 0.2) is 24.3 Å². The Morgan fingerprint density at radius 3 is 1.90 bits per heavy atom. The van der Waals surface area contributed by atoms with Crippen LogP contribution in [0.5, 0.6) is 0 Å². The molecule has 1 saturated carbocycles. The van der Waals surface area contributed by atoms with Crippen LogP contribution in [-0.4, -0.2) is 0 Å². The van der Waals surface area contributed by atoms with Gasteiger partial charge in [-0.25, -0.2) is 0 Å². The Kier molecular flexibility index (Phi) is 4.59. The fourth-order valence-corrected chi connectivity index (χ4v) is 4.23. The summed E-state index contributed by atoms with van der Waals surface area (Å²) in [5.74, 6) is 0.596. The van der Waals surface area contributed by atoms with E-state index in [4.69, 9.17) is 5.73 Å². The van der Waals surface area contributed by atoms with E-state index in [1.54, 1.807) is 0 Å². The minimum atomic E-state index is -0.0696. The summed E-state index contributed by atoms with van der Waals surface area (Å²) >= 11 is 0. The lowest BCUT2D eigenvalue weighted by atomic mass is 9.52. The van der Waals surface area contributed by atoms with Gasteiger partial charge in [0.2, 0.25) is 0 Å². The quantitative estimate of drug-likeness (QED) is 0.743. The first-order valence-corrected chi connectivity index (χ1v) is 8.34. The van der Waals surface area contributed by atoms with E-state index in [1.807, 2.05) is 0 Å². The first kappa shape index (κ1) is 15.6. The molecule has 0 aliphatic heterocycles. The molecule has 1 aromatic rings. The van der Waals surface area contributed by atoms with Crippen molar-refractivity contribution in [1.29, 1.82) is 0 Å². The van der Waals surface area contributed by atoms with Gasteiger partial charge in [0.15, 0.2) is 0 Å². The molecule has 0 amide bonds. The summed E-state index contributed by atoms with van der Waals surface area (Å²) in [5, 5.41) is 0. The van der Waals surface area contributed by atoms with Crippen molar-refractivity contribution < 1.29 is 0 Å². The van der Waals surface area contributed by atoms with Crippen LogP contribution in [0, 0.1) is 5.41 Å². The van der Waals surface area contributed by atoms with Crippen LogP contribution >= 0.6 is 0 Å². The molecule has 0 radical (unpaired) electrons. The first-order chi connectivity index (χ1) is 9.45. The summed E-state index contributed by atoms with van der Waals surface area (Å²) in [4.78, 5) is 0. The van der Waals surface area contributed by atoms with Crippen molar-refractivity contribution in [1.82, 2.24) is 0 Å². The monoisotopic (exact) mass is 273 g/mol. The second-order valence-electron chi connectivity index (χ2n) is 7.29. The Bertz CT molecular complexity index is 416. The maximum atomic E-state index is 6.69. The zero-order valence-electron chi connectivity index (χ0n) is 13.7. The van der Waals surface area contributed by atoms with Crippen LogP contribution < -0.4 is 5.73 Å². The van der Waals surface area contributed by atoms with E-state index < -0.39 is 0 Å². The topological polar surface area (TPSA) is 26.0 Å². The van der Waals surface area contributed by atoms with E-state index in [1.165, 1.54) is 49.7 Å². The lowest BCUT2D eigenvalue weighted by Gasteiger charge is -2.55. The van der Waals surface area contributed by atoms with Gasteiger partial charge in [0.25, 0.3) is 0 Å². The average molecular weight is 273 g/mol. The normalized spacial score (nSPS) is 19.9. The van der Waals surface area contributed by atoms with E-state index in [-0.39, 0.29) is 5.54 Å². The number of nitrogens with two attached hydrogens (primary N) is 1. The molecule has 20 heavy (non-hydrogen) atoms. The largest absolute Gasteiger partial charge is 0.321 e. The maximum Gasteiger partial charge on any atom is 0.0420 e. The molecule has 1 aliphatic rings. The molecule has 2 N–H and O–H groups in total. The zero-order valence-corrected chi connectivity index (χ0v) is 13.7. The van der Waals surface area contributed by atoms with Gasteiger partial charge in [-0.15, -0.1) is 0 Å². The van der Waals surface area contributed by atoms with Crippen molar-refractivity contribution in [3.8, 4) is 0 Å². The van der Waals surface area contributed by atoms with Crippen LogP contribution in [0.3, 0.4) is 0 Å². The van der Waals surface area contributed by atoms with Crippen molar-refractivity contribution in [2.75, 3.05) is 0 Å². The van der Waals surface area contributed by atoms with E-state index >= 15 is 0 Å². The van der Waals surface area contributed by atoms with Gasteiger partial charge in [0.1, 0.15) is 0 Å². The molecule has 1 fully saturated rings. The van der Waals surface area contributed by atoms with E-state index in [9.17, 15) is 0 Å². The molecule has 1 nitrogen and oxygen atoms in total. The van der Waals surface area contributed by atoms with Gasteiger partial charge < -0.3 is 5.73 Å². The molecule has 0 saturated heterocycles. The lowest BCUT2D eigenvalue weighted by molar-refractivity contribution is 0.00622. The third-order valence-corrected chi connectivity index (χ3v) is 5.09. The summed E-state index contributed by atoms with van der Waals surface area (Å²) in [6.07, 6.45) is 7.57. The second kappa shape index (κ2) is 5.89. The molecular formula is C19H31N. The van der Waals surface area contributed by atoms with Gasteiger partial charge >= 0.3 is 0 Å². The highest BCUT2D eigenvalue weighted by atomic mass is 14.8. The van der Waals surface area contributed by atoms with Crippen LogP contribution in [0.4, 0.5) is 0 Å². The van der Waals surface area contributed by atoms with Gasteiger partial charge in [-0.1, -0.05) is 64.8 Å². The van der Waals surface area contributed by atoms with Crippen LogP contribution in [-0.2, 0) is 5.54 Å². The smallest absolute Gasteiger partial charge is 0.0420 e. The van der Waals surface area contributed by atoms with Crippen molar-refractivity contribution in [3.63, 3.8) is 0 Å².